The molecule has 0 atom stereocenters. The van der Waals surface area contributed by atoms with Gasteiger partial charge in [-0.25, -0.2) is 4.79 Å². The van der Waals surface area contributed by atoms with E-state index in [9.17, 15) is 4.79 Å². The third-order valence-corrected chi connectivity index (χ3v) is 4.12. The summed E-state index contributed by atoms with van der Waals surface area (Å²) in [4.78, 5) is 10.7. The number of carbonyl (C=O) groups is 1. The predicted octanol–water partition coefficient (Wildman–Crippen LogP) is 2.62. The molecule has 3 nitrogen and oxygen atoms in total. The molecule has 1 aromatic rings. The van der Waals surface area contributed by atoms with E-state index in [4.69, 9.17) is 10.4 Å². The van der Waals surface area contributed by atoms with Gasteiger partial charge in [-0.1, -0.05) is 0 Å². The van der Waals surface area contributed by atoms with E-state index in [2.05, 4.69) is 15.9 Å². The van der Waals surface area contributed by atoms with E-state index >= 15 is 0 Å². The Hall–Kier alpha value is -0.610. The smallest absolute Gasteiger partial charge is 0.336 e. The minimum absolute atomic E-state index is 0.200. The van der Waals surface area contributed by atoms with Gasteiger partial charge in [-0.2, -0.15) is 5.26 Å². The Morgan fingerprint density at radius 3 is 2.69 bits per heavy atom. The fourth-order valence-corrected chi connectivity index (χ4v) is 1.94. The van der Waals surface area contributed by atoms with Gasteiger partial charge in [0.1, 0.15) is 6.07 Å². The van der Waals surface area contributed by atoms with Gasteiger partial charge in [0.15, 0.2) is 0 Å². The number of hydrogen-bond acceptors (Lipinski definition) is 2. The van der Waals surface area contributed by atoms with Crippen LogP contribution in [0.15, 0.2) is 16.6 Å². The molecular weight excluding hydrogens is 349 g/mol. The lowest BCUT2D eigenvalue weighted by molar-refractivity contribution is 0.0695. The lowest BCUT2D eigenvalue weighted by Crippen LogP contribution is -2.00. The van der Waals surface area contributed by atoms with Gasteiger partial charge in [0.2, 0.25) is 0 Å². The fourth-order valence-electron chi connectivity index (χ4n) is 0.801. The van der Waals surface area contributed by atoms with Crippen LogP contribution in [-0.2, 0) is 0 Å². The maximum Gasteiger partial charge on any atom is 0.336 e. The largest absolute Gasteiger partial charge is 0.478 e. The lowest BCUT2D eigenvalue weighted by Gasteiger charge is -2.02. The quantitative estimate of drug-likeness (QED) is 0.791. The van der Waals surface area contributed by atoms with Crippen LogP contribution in [0.3, 0.4) is 0 Å². The van der Waals surface area contributed by atoms with Crippen LogP contribution < -0.4 is 0 Å². The molecule has 0 bridgehead atoms. The van der Waals surface area contributed by atoms with E-state index < -0.39 is 5.97 Å². The molecule has 0 aliphatic carbocycles. The second-order valence-electron chi connectivity index (χ2n) is 2.21. The topological polar surface area (TPSA) is 61.1 Å². The highest BCUT2D eigenvalue weighted by molar-refractivity contribution is 14.1. The van der Waals surface area contributed by atoms with Crippen LogP contribution in [0.1, 0.15) is 15.9 Å². The summed E-state index contributed by atoms with van der Waals surface area (Å²) in [7, 11) is 0. The first kappa shape index (κ1) is 10.5. The molecule has 0 unspecified atom stereocenters. The summed E-state index contributed by atoms with van der Waals surface area (Å²) < 4.78 is 1.08. The molecule has 0 aliphatic rings. The van der Waals surface area contributed by atoms with Crippen molar-refractivity contribution >= 4 is 44.5 Å². The first-order valence-electron chi connectivity index (χ1n) is 3.19. The first-order valence-corrected chi connectivity index (χ1v) is 5.06. The van der Waals surface area contributed by atoms with Crippen molar-refractivity contribution in [2.24, 2.45) is 0 Å². The van der Waals surface area contributed by atoms with Crippen molar-refractivity contribution in [3.63, 3.8) is 0 Å². The van der Waals surface area contributed by atoms with E-state index in [1.165, 1.54) is 12.1 Å². The zero-order chi connectivity index (χ0) is 10.0. The van der Waals surface area contributed by atoms with E-state index in [0.29, 0.717) is 13.6 Å². The number of nitriles is 1. The van der Waals surface area contributed by atoms with Gasteiger partial charge in [-0.15, -0.1) is 0 Å². The molecule has 66 valence electrons. The highest BCUT2D eigenvalue weighted by Gasteiger charge is 2.13. The molecule has 0 radical (unpaired) electrons. The normalized spacial score (nSPS) is 9.31. The van der Waals surface area contributed by atoms with Crippen molar-refractivity contribution in [1.29, 1.82) is 5.26 Å². The van der Waals surface area contributed by atoms with Gasteiger partial charge >= 0.3 is 5.97 Å². The summed E-state index contributed by atoms with van der Waals surface area (Å²) in [5.74, 6) is -0.991. The Balaban J connectivity index is 3.42. The van der Waals surface area contributed by atoms with Crippen molar-refractivity contribution in [1.82, 2.24) is 0 Å². The van der Waals surface area contributed by atoms with Crippen molar-refractivity contribution in [2.75, 3.05) is 0 Å². The van der Waals surface area contributed by atoms with Crippen LogP contribution in [0.25, 0.3) is 0 Å². The standard InChI is InChI=1S/C8H3BrINO2/c9-6-4(3-11)1-2-5(7(6)10)8(12)13/h1-2H,(H,12,13). The van der Waals surface area contributed by atoms with Gasteiger partial charge in [0.05, 0.1) is 11.1 Å². The molecule has 1 N–H and O–H groups in total. The number of nitrogens with zero attached hydrogens (tertiary/aromatic N) is 1. The molecule has 5 heteroatoms. The molecule has 0 heterocycles. The molecule has 0 aromatic heterocycles. The molecule has 13 heavy (non-hydrogen) atoms. The highest BCUT2D eigenvalue weighted by atomic mass is 127. The summed E-state index contributed by atoms with van der Waals surface area (Å²) >= 11 is 5.06. The molecular formula is C8H3BrINO2. The third kappa shape index (κ3) is 2.00. The number of benzene rings is 1. The van der Waals surface area contributed by atoms with Crippen LogP contribution in [0.5, 0.6) is 0 Å². The number of rotatable bonds is 1. The van der Waals surface area contributed by atoms with E-state index in [-0.39, 0.29) is 5.56 Å². The predicted molar refractivity (Wildman–Crippen MR) is 58.5 cm³/mol. The number of hydrogen-bond donors (Lipinski definition) is 1. The van der Waals surface area contributed by atoms with Gasteiger partial charge < -0.3 is 5.11 Å². The van der Waals surface area contributed by atoms with Crippen LogP contribution in [0, 0.1) is 14.9 Å². The second-order valence-corrected chi connectivity index (χ2v) is 4.08. The third-order valence-electron chi connectivity index (χ3n) is 1.43. The van der Waals surface area contributed by atoms with Crippen LogP contribution in [0.4, 0.5) is 0 Å². The lowest BCUT2D eigenvalue weighted by atomic mass is 10.1. The summed E-state index contributed by atoms with van der Waals surface area (Å²) in [6.07, 6.45) is 0. The average molecular weight is 352 g/mol. The number of carboxylic acids is 1. The summed E-state index contributed by atoms with van der Waals surface area (Å²) in [5, 5.41) is 17.4. The second kappa shape index (κ2) is 4.07. The van der Waals surface area contributed by atoms with Gasteiger partial charge in [0, 0.05) is 8.04 Å². The first-order chi connectivity index (χ1) is 6.07. The summed E-state index contributed by atoms with van der Waals surface area (Å²) in [5.41, 5.74) is 0.640. The minimum atomic E-state index is -0.991. The van der Waals surface area contributed by atoms with Crippen molar-refractivity contribution < 1.29 is 9.90 Å². The zero-order valence-electron chi connectivity index (χ0n) is 6.21. The zero-order valence-corrected chi connectivity index (χ0v) is 9.96. The van der Waals surface area contributed by atoms with E-state index in [0.717, 1.165) is 0 Å². The van der Waals surface area contributed by atoms with Crippen molar-refractivity contribution in [2.45, 2.75) is 0 Å². The van der Waals surface area contributed by atoms with Crippen LogP contribution in [0.2, 0.25) is 0 Å². The number of halogens is 2. The van der Waals surface area contributed by atoms with Crippen LogP contribution in [-0.4, -0.2) is 11.1 Å². The van der Waals surface area contributed by atoms with Gasteiger partial charge in [0.25, 0.3) is 0 Å². The molecule has 0 amide bonds. The van der Waals surface area contributed by atoms with Crippen LogP contribution >= 0.6 is 38.5 Å². The molecule has 1 rings (SSSR count). The Bertz CT molecular complexity index is 411. The molecule has 0 aliphatic heterocycles. The molecule has 0 fully saturated rings. The van der Waals surface area contributed by atoms with Gasteiger partial charge in [-0.05, 0) is 50.7 Å². The van der Waals surface area contributed by atoms with Crippen molar-refractivity contribution in [3.8, 4) is 6.07 Å². The Morgan fingerprint density at radius 2 is 2.23 bits per heavy atom. The Labute approximate surface area is 96.6 Å². The average Bonchev–Trinajstić information content (AvgIpc) is 2.09. The van der Waals surface area contributed by atoms with Gasteiger partial charge in [-0.3, -0.25) is 0 Å². The van der Waals surface area contributed by atoms with E-state index in [1.807, 2.05) is 28.7 Å². The molecule has 0 spiro atoms. The maximum atomic E-state index is 10.7. The minimum Gasteiger partial charge on any atom is -0.478 e. The summed E-state index contributed by atoms with van der Waals surface area (Å²) in [6, 6.07) is 4.86. The highest BCUT2D eigenvalue weighted by Crippen LogP contribution is 2.26. The maximum absolute atomic E-state index is 10.7. The van der Waals surface area contributed by atoms with E-state index in [1.54, 1.807) is 0 Å². The Kier molecular flexibility index (Phi) is 3.27. The Morgan fingerprint density at radius 1 is 1.62 bits per heavy atom. The monoisotopic (exact) mass is 351 g/mol. The van der Waals surface area contributed by atoms with Crippen molar-refractivity contribution in [3.05, 3.63) is 31.3 Å². The number of aromatic carboxylic acids is 1. The molecule has 0 saturated heterocycles. The number of carboxylic acid groups (broad SMARTS) is 1. The summed E-state index contributed by atoms with van der Waals surface area (Å²) in [6.45, 7) is 0. The fraction of sp³-hybridized carbons (Fsp3) is 0. The SMILES string of the molecule is N#Cc1ccc(C(=O)O)c(I)c1Br. The molecule has 1 aromatic carbocycles. The molecule has 0 saturated carbocycles.